The van der Waals surface area contributed by atoms with Crippen LogP contribution in [0.4, 0.5) is 5.69 Å². The van der Waals surface area contributed by atoms with Crippen LogP contribution >= 0.6 is 23.2 Å². The van der Waals surface area contributed by atoms with E-state index in [1.54, 1.807) is 36.4 Å². The largest absolute Gasteiger partial charge is 0.396 e. The van der Waals surface area contributed by atoms with E-state index in [1.165, 1.54) is 4.31 Å². The molecule has 174 valence electrons. The van der Waals surface area contributed by atoms with Crippen LogP contribution in [0.2, 0.25) is 10.0 Å². The summed E-state index contributed by atoms with van der Waals surface area (Å²) >= 11 is 10.0. The summed E-state index contributed by atoms with van der Waals surface area (Å²) in [5, 5.41) is 12.7. The number of aliphatic hydroxyl groups is 1. The second kappa shape index (κ2) is 12.2. The van der Waals surface area contributed by atoms with E-state index < -0.39 is 11.3 Å². The van der Waals surface area contributed by atoms with Gasteiger partial charge in [-0.3, -0.25) is 13.7 Å². The van der Waals surface area contributed by atoms with E-state index in [9.17, 15) is 13.6 Å². The third-order valence-electron chi connectivity index (χ3n) is 5.10. The molecule has 0 aliphatic heterocycles. The van der Waals surface area contributed by atoms with Crippen molar-refractivity contribution in [1.82, 2.24) is 5.32 Å². The second-order valence-electron chi connectivity index (χ2n) is 7.32. The van der Waals surface area contributed by atoms with Crippen molar-refractivity contribution in [2.75, 3.05) is 17.5 Å². The van der Waals surface area contributed by atoms with Crippen molar-refractivity contribution in [1.29, 1.82) is 0 Å². The van der Waals surface area contributed by atoms with Gasteiger partial charge in [0.1, 0.15) is 0 Å². The van der Waals surface area contributed by atoms with Gasteiger partial charge in [0.05, 0.1) is 15.7 Å². The smallest absolute Gasteiger partial charge is 0.261 e. The molecule has 1 unspecified atom stereocenters. The molecule has 0 heterocycles. The first-order chi connectivity index (χ1) is 15.9. The molecule has 0 saturated carbocycles. The minimum atomic E-state index is -2.25. The lowest BCUT2D eigenvalue weighted by Crippen LogP contribution is -2.28. The molecule has 0 aliphatic carbocycles. The number of nitrogens with one attached hydrogen (secondary N) is 1. The topological polar surface area (TPSA) is 89.9 Å². The average Bonchev–Trinajstić information content (AvgIpc) is 2.81. The van der Waals surface area contributed by atoms with Gasteiger partial charge in [0.2, 0.25) is 0 Å². The molecule has 3 aromatic rings. The first kappa shape index (κ1) is 25.2. The maximum Gasteiger partial charge on any atom is 0.261 e. The second-order valence-corrected chi connectivity index (χ2v) is 9.00. The van der Waals surface area contributed by atoms with E-state index in [4.69, 9.17) is 28.3 Å². The van der Waals surface area contributed by atoms with Crippen molar-refractivity contribution in [2.24, 2.45) is 0 Å². The van der Waals surface area contributed by atoms with Crippen LogP contribution in [0.5, 0.6) is 0 Å². The molecule has 0 radical (unpaired) electrons. The minimum Gasteiger partial charge on any atom is -0.396 e. The number of carbonyl (C=O) groups excluding carboxylic acids is 1. The molecule has 0 bridgehead atoms. The van der Waals surface area contributed by atoms with Crippen LogP contribution in [0.15, 0.2) is 66.7 Å². The molecule has 0 fully saturated rings. The predicted octanol–water partition coefficient (Wildman–Crippen LogP) is 4.64. The Morgan fingerprint density at radius 1 is 0.939 bits per heavy atom. The first-order valence-electron chi connectivity index (χ1n) is 10.3. The number of rotatable bonds is 10. The van der Waals surface area contributed by atoms with Crippen LogP contribution in [-0.2, 0) is 30.7 Å². The van der Waals surface area contributed by atoms with E-state index >= 15 is 0 Å². The summed E-state index contributed by atoms with van der Waals surface area (Å²) < 4.78 is 23.0. The quantitative estimate of drug-likeness (QED) is 0.349. The molecular weight excluding hydrogens is 483 g/mol. The Labute approximate surface area is 205 Å². The molecule has 0 spiro atoms. The normalized spacial score (nSPS) is 11.8. The van der Waals surface area contributed by atoms with Crippen molar-refractivity contribution in [2.45, 2.75) is 19.4 Å². The predicted molar refractivity (Wildman–Crippen MR) is 133 cm³/mol. The average molecular weight is 507 g/mol. The number of aliphatic hydroxyl groups excluding tert-OH is 1. The summed E-state index contributed by atoms with van der Waals surface area (Å²) in [6, 6.07) is 19.4. The molecular formula is C24H24Cl2N2O4S. The lowest BCUT2D eigenvalue weighted by atomic mass is 10.1. The van der Waals surface area contributed by atoms with E-state index in [0.29, 0.717) is 40.7 Å². The van der Waals surface area contributed by atoms with Crippen molar-refractivity contribution < 1.29 is 18.7 Å². The molecule has 0 aromatic heterocycles. The van der Waals surface area contributed by atoms with Gasteiger partial charge < -0.3 is 10.4 Å². The number of hydrogen-bond acceptors (Lipinski definition) is 3. The summed E-state index contributed by atoms with van der Waals surface area (Å²) in [6.45, 7) is 0.704. The van der Waals surface area contributed by atoms with Crippen LogP contribution in [-0.4, -0.2) is 32.9 Å². The van der Waals surface area contributed by atoms with Gasteiger partial charge >= 0.3 is 0 Å². The number of halogens is 2. The number of hydrogen-bond donors (Lipinski definition) is 3. The zero-order chi connectivity index (χ0) is 23.8. The number of amides is 1. The van der Waals surface area contributed by atoms with Crippen LogP contribution in [0, 0.1) is 0 Å². The molecule has 3 aromatic carbocycles. The Kier molecular flexibility index (Phi) is 9.29. The zero-order valence-electron chi connectivity index (χ0n) is 17.7. The highest BCUT2D eigenvalue weighted by Gasteiger charge is 2.15. The van der Waals surface area contributed by atoms with E-state index in [-0.39, 0.29) is 19.1 Å². The fourth-order valence-corrected chi connectivity index (χ4v) is 4.24. The highest BCUT2D eigenvalue weighted by atomic mass is 35.5. The van der Waals surface area contributed by atoms with Gasteiger partial charge in [-0.15, -0.1) is 0 Å². The Morgan fingerprint density at radius 3 is 2.24 bits per heavy atom. The van der Waals surface area contributed by atoms with Crippen LogP contribution in [0.3, 0.4) is 0 Å². The lowest BCUT2D eigenvalue weighted by Gasteiger charge is -2.20. The summed E-state index contributed by atoms with van der Waals surface area (Å²) in [5.74, 6) is -0.247. The van der Waals surface area contributed by atoms with Crippen LogP contribution in [0.1, 0.15) is 27.0 Å². The van der Waals surface area contributed by atoms with Gasteiger partial charge in [-0.25, -0.2) is 4.21 Å². The van der Waals surface area contributed by atoms with Crippen LogP contribution < -0.4 is 9.62 Å². The minimum absolute atomic E-state index is 0.0989. The fraction of sp³-hybridized carbons (Fsp3) is 0.208. The van der Waals surface area contributed by atoms with Crippen molar-refractivity contribution in [3.63, 3.8) is 0 Å². The summed E-state index contributed by atoms with van der Waals surface area (Å²) in [7, 11) is 0. The standard InChI is InChI=1S/C24H24Cl2N2O4S/c25-22-3-1-2-19(23(22)26)12-14-28(33(31)32)21-10-8-20(9-11-21)24(30)27-16-18-6-4-17(5-7-18)13-15-29/h1-11,29H,12-16H2,(H,27,30)(H,31,32). The lowest BCUT2D eigenvalue weighted by molar-refractivity contribution is 0.0951. The maximum atomic E-state index is 12.5. The molecule has 3 N–H and O–H groups in total. The summed E-state index contributed by atoms with van der Waals surface area (Å²) in [5.41, 5.74) is 3.71. The third kappa shape index (κ3) is 7.03. The molecule has 9 heteroatoms. The molecule has 33 heavy (non-hydrogen) atoms. The van der Waals surface area contributed by atoms with Gasteiger partial charge in [0, 0.05) is 25.3 Å². The molecule has 3 rings (SSSR count). The van der Waals surface area contributed by atoms with Gasteiger partial charge in [-0.05, 0) is 59.9 Å². The van der Waals surface area contributed by atoms with Crippen molar-refractivity contribution >= 4 is 46.1 Å². The Bertz CT molecular complexity index is 1110. The molecule has 0 saturated heterocycles. The van der Waals surface area contributed by atoms with Crippen molar-refractivity contribution in [3.8, 4) is 0 Å². The Balaban J connectivity index is 1.61. The van der Waals surface area contributed by atoms with Gasteiger partial charge in [-0.2, -0.15) is 0 Å². The number of anilines is 1. The molecule has 1 atom stereocenters. The molecule has 6 nitrogen and oxygen atoms in total. The highest BCUT2D eigenvalue weighted by molar-refractivity contribution is 7.80. The summed E-state index contributed by atoms with van der Waals surface area (Å²) in [6.07, 6.45) is 1.02. The van der Waals surface area contributed by atoms with E-state index in [1.807, 2.05) is 30.3 Å². The van der Waals surface area contributed by atoms with Gasteiger partial charge in [-0.1, -0.05) is 59.6 Å². The number of benzene rings is 3. The van der Waals surface area contributed by atoms with E-state index in [0.717, 1.165) is 16.7 Å². The van der Waals surface area contributed by atoms with E-state index in [2.05, 4.69) is 5.32 Å². The molecule has 0 aliphatic rings. The van der Waals surface area contributed by atoms with Crippen LogP contribution in [0.25, 0.3) is 0 Å². The number of carbonyl (C=O) groups is 1. The maximum absolute atomic E-state index is 12.5. The monoisotopic (exact) mass is 506 g/mol. The third-order valence-corrected chi connectivity index (χ3v) is 6.73. The SMILES string of the molecule is O=C(NCc1ccc(CCO)cc1)c1ccc(N(CCc2cccc(Cl)c2Cl)S(=O)O)cc1. The Hall–Kier alpha value is -2.42. The van der Waals surface area contributed by atoms with Crippen molar-refractivity contribution in [3.05, 3.63) is 99.0 Å². The Morgan fingerprint density at radius 2 is 1.61 bits per heavy atom. The van der Waals surface area contributed by atoms with Gasteiger partial charge in [0.15, 0.2) is 0 Å². The zero-order valence-corrected chi connectivity index (χ0v) is 20.0. The number of nitrogens with zero attached hydrogens (tertiary/aromatic N) is 1. The highest BCUT2D eigenvalue weighted by Crippen LogP contribution is 2.26. The molecule has 1 amide bonds. The fourth-order valence-electron chi connectivity index (χ4n) is 3.28. The van der Waals surface area contributed by atoms with Gasteiger partial charge in [0.25, 0.3) is 17.2 Å². The summed E-state index contributed by atoms with van der Waals surface area (Å²) in [4.78, 5) is 12.5. The first-order valence-corrected chi connectivity index (χ1v) is 12.1.